The second-order valence-electron chi connectivity index (χ2n) is 2.99. The zero-order valence-corrected chi connectivity index (χ0v) is 8.45. The fourth-order valence-electron chi connectivity index (χ4n) is 1.18. The fraction of sp³-hybridized carbons (Fsp3) is 0.300. The molecule has 3 nitrogen and oxygen atoms in total. The van der Waals surface area contributed by atoms with Crippen molar-refractivity contribution in [2.24, 2.45) is 0 Å². The summed E-state index contributed by atoms with van der Waals surface area (Å²) in [5.41, 5.74) is 1.23. The molecule has 0 aliphatic rings. The van der Waals surface area contributed by atoms with Gasteiger partial charge >= 0.3 is 5.97 Å². The number of carboxylic acid groups (broad SMARTS) is 1. The van der Waals surface area contributed by atoms with Crippen molar-refractivity contribution >= 4 is 17.6 Å². The van der Waals surface area contributed by atoms with Crippen LogP contribution in [0.4, 0.5) is 0 Å². The predicted octanol–water partition coefficient (Wildman–Crippen LogP) is 2.02. The summed E-state index contributed by atoms with van der Waals surface area (Å²) in [6.45, 7) is 1.93. The summed E-state index contributed by atoms with van der Waals surface area (Å²) < 4.78 is 0. The van der Waals surface area contributed by atoms with Gasteiger partial charge in [0.05, 0.1) is 0 Å². The van der Waals surface area contributed by atoms with Crippen LogP contribution in [0.25, 0.3) is 0 Å². The first-order valence-electron chi connectivity index (χ1n) is 4.24. The molecular weight excluding hydrogens is 204 g/mol. The highest BCUT2D eigenvalue weighted by Crippen LogP contribution is 2.21. The van der Waals surface area contributed by atoms with E-state index in [0.29, 0.717) is 10.6 Å². The van der Waals surface area contributed by atoms with E-state index in [9.17, 15) is 9.90 Å². The second-order valence-corrected chi connectivity index (χ2v) is 3.42. The molecule has 0 spiro atoms. The van der Waals surface area contributed by atoms with E-state index in [1.807, 2.05) is 6.92 Å². The molecule has 76 valence electrons. The molecule has 0 aliphatic carbocycles. The lowest BCUT2D eigenvalue weighted by molar-refractivity contribution is -0.146. The van der Waals surface area contributed by atoms with Gasteiger partial charge in [-0.2, -0.15) is 0 Å². The van der Waals surface area contributed by atoms with Crippen LogP contribution in [0.2, 0.25) is 5.02 Å². The molecule has 0 bridgehead atoms. The summed E-state index contributed by atoms with van der Waals surface area (Å²) >= 11 is 5.77. The monoisotopic (exact) mass is 214 g/mol. The Hall–Kier alpha value is -1.06. The van der Waals surface area contributed by atoms with Crippen LogP contribution in [0.1, 0.15) is 24.2 Å². The number of benzene rings is 1. The van der Waals surface area contributed by atoms with Gasteiger partial charge in [-0.1, -0.05) is 24.6 Å². The van der Waals surface area contributed by atoms with Gasteiger partial charge in [-0.3, -0.25) is 0 Å². The van der Waals surface area contributed by atoms with Crippen LogP contribution < -0.4 is 0 Å². The van der Waals surface area contributed by atoms with Crippen LogP contribution in [0.3, 0.4) is 0 Å². The molecule has 2 N–H and O–H groups in total. The van der Waals surface area contributed by atoms with Gasteiger partial charge in [0.1, 0.15) is 0 Å². The minimum atomic E-state index is -1.50. The van der Waals surface area contributed by atoms with E-state index in [-0.39, 0.29) is 0 Å². The Bertz CT molecular complexity index is 349. The van der Waals surface area contributed by atoms with Gasteiger partial charge in [-0.15, -0.1) is 0 Å². The van der Waals surface area contributed by atoms with Gasteiger partial charge in [0.15, 0.2) is 6.10 Å². The number of hydrogen-bond acceptors (Lipinski definition) is 2. The van der Waals surface area contributed by atoms with Crippen LogP contribution in [0, 0.1) is 0 Å². The smallest absolute Gasteiger partial charge is 0.337 e. The van der Waals surface area contributed by atoms with E-state index >= 15 is 0 Å². The minimum absolute atomic E-state index is 0.321. The third kappa shape index (κ3) is 2.47. The molecule has 4 heteroatoms. The molecule has 1 rings (SSSR count). The Morgan fingerprint density at radius 1 is 1.50 bits per heavy atom. The quantitative estimate of drug-likeness (QED) is 0.810. The SMILES string of the molecule is CCc1cc(Cl)cc(C(O)C(=O)O)c1. The molecule has 1 aromatic carbocycles. The average molecular weight is 215 g/mol. The summed E-state index contributed by atoms with van der Waals surface area (Å²) in [6.07, 6.45) is -0.751. The lowest BCUT2D eigenvalue weighted by Crippen LogP contribution is -2.10. The van der Waals surface area contributed by atoms with Crippen molar-refractivity contribution in [1.82, 2.24) is 0 Å². The average Bonchev–Trinajstić information content (AvgIpc) is 2.15. The molecule has 0 saturated heterocycles. The zero-order valence-electron chi connectivity index (χ0n) is 7.70. The summed E-state index contributed by atoms with van der Waals surface area (Å²) in [6, 6.07) is 4.85. The third-order valence-electron chi connectivity index (χ3n) is 1.94. The van der Waals surface area contributed by atoms with E-state index in [2.05, 4.69) is 0 Å². The van der Waals surface area contributed by atoms with Crippen LogP contribution in [0.5, 0.6) is 0 Å². The van der Waals surface area contributed by atoms with E-state index in [1.165, 1.54) is 6.07 Å². The highest BCUT2D eigenvalue weighted by molar-refractivity contribution is 6.30. The van der Waals surface area contributed by atoms with E-state index < -0.39 is 12.1 Å². The van der Waals surface area contributed by atoms with Crippen molar-refractivity contribution in [1.29, 1.82) is 0 Å². The molecule has 0 heterocycles. The minimum Gasteiger partial charge on any atom is -0.479 e. The largest absolute Gasteiger partial charge is 0.479 e. The van der Waals surface area contributed by atoms with Crippen molar-refractivity contribution in [3.63, 3.8) is 0 Å². The van der Waals surface area contributed by atoms with Gasteiger partial charge in [-0.25, -0.2) is 4.79 Å². The standard InChI is InChI=1S/C10H11ClO3/c1-2-6-3-7(5-8(11)4-6)9(12)10(13)14/h3-5,9,12H,2H2,1H3,(H,13,14). The number of aryl methyl sites for hydroxylation is 1. The molecule has 0 amide bonds. The van der Waals surface area contributed by atoms with E-state index in [4.69, 9.17) is 16.7 Å². The predicted molar refractivity (Wildman–Crippen MR) is 53.4 cm³/mol. The van der Waals surface area contributed by atoms with Crippen LogP contribution >= 0.6 is 11.6 Å². The molecule has 1 atom stereocenters. The second kappa shape index (κ2) is 4.44. The first-order valence-corrected chi connectivity index (χ1v) is 4.62. The van der Waals surface area contributed by atoms with Gasteiger partial charge < -0.3 is 10.2 Å². The van der Waals surface area contributed by atoms with Crippen molar-refractivity contribution < 1.29 is 15.0 Å². The molecule has 0 saturated carbocycles. The molecule has 1 aromatic rings. The number of halogens is 1. The molecule has 14 heavy (non-hydrogen) atoms. The summed E-state index contributed by atoms with van der Waals surface area (Å²) in [5.74, 6) is -1.27. The maximum atomic E-state index is 10.5. The summed E-state index contributed by atoms with van der Waals surface area (Å²) in [7, 11) is 0. The van der Waals surface area contributed by atoms with E-state index in [1.54, 1.807) is 12.1 Å². The summed E-state index contributed by atoms with van der Waals surface area (Å²) in [5, 5.41) is 18.3. The maximum absolute atomic E-state index is 10.5. The molecule has 0 radical (unpaired) electrons. The number of rotatable bonds is 3. The van der Waals surface area contributed by atoms with Crippen LogP contribution in [-0.2, 0) is 11.2 Å². The number of carboxylic acids is 1. The Kier molecular flexibility index (Phi) is 3.49. The van der Waals surface area contributed by atoms with Crippen LogP contribution in [0.15, 0.2) is 18.2 Å². The number of carbonyl (C=O) groups is 1. The van der Waals surface area contributed by atoms with Crippen molar-refractivity contribution in [3.8, 4) is 0 Å². The molecule has 0 aliphatic heterocycles. The first kappa shape index (κ1) is 11.0. The summed E-state index contributed by atoms with van der Waals surface area (Å²) in [4.78, 5) is 10.5. The first-order chi connectivity index (χ1) is 6.54. The molecule has 0 aromatic heterocycles. The number of hydrogen-bond donors (Lipinski definition) is 2. The molecule has 0 fully saturated rings. The van der Waals surface area contributed by atoms with Crippen molar-refractivity contribution in [2.75, 3.05) is 0 Å². The highest BCUT2D eigenvalue weighted by Gasteiger charge is 2.16. The fourth-order valence-corrected chi connectivity index (χ4v) is 1.45. The van der Waals surface area contributed by atoms with E-state index in [0.717, 1.165) is 12.0 Å². The van der Waals surface area contributed by atoms with Gasteiger partial charge in [-0.05, 0) is 29.7 Å². The van der Waals surface area contributed by atoms with Crippen molar-refractivity contribution in [3.05, 3.63) is 34.3 Å². The lowest BCUT2D eigenvalue weighted by atomic mass is 10.0. The lowest BCUT2D eigenvalue weighted by Gasteiger charge is -2.08. The van der Waals surface area contributed by atoms with Gasteiger partial charge in [0.25, 0.3) is 0 Å². The maximum Gasteiger partial charge on any atom is 0.337 e. The Morgan fingerprint density at radius 2 is 2.14 bits per heavy atom. The third-order valence-corrected chi connectivity index (χ3v) is 2.16. The zero-order chi connectivity index (χ0) is 10.7. The van der Waals surface area contributed by atoms with Crippen molar-refractivity contribution in [2.45, 2.75) is 19.4 Å². The Labute approximate surface area is 86.9 Å². The normalized spacial score (nSPS) is 12.5. The molecule has 1 unspecified atom stereocenters. The van der Waals surface area contributed by atoms with Gasteiger partial charge in [0, 0.05) is 5.02 Å². The Morgan fingerprint density at radius 3 is 2.64 bits per heavy atom. The highest BCUT2D eigenvalue weighted by atomic mass is 35.5. The van der Waals surface area contributed by atoms with Gasteiger partial charge in [0.2, 0.25) is 0 Å². The number of aliphatic carboxylic acids is 1. The topological polar surface area (TPSA) is 57.5 Å². The van der Waals surface area contributed by atoms with Crippen LogP contribution in [-0.4, -0.2) is 16.2 Å². The Balaban J connectivity index is 3.08. The number of aliphatic hydroxyl groups is 1. The molecular formula is C10H11ClO3. The number of aliphatic hydroxyl groups excluding tert-OH is 1.